The molecule has 0 spiro atoms. The molecule has 18 heavy (non-hydrogen) atoms. The van der Waals surface area contributed by atoms with Gasteiger partial charge < -0.3 is 15.0 Å². The van der Waals surface area contributed by atoms with Crippen LogP contribution in [0.5, 0.6) is 0 Å². The van der Waals surface area contributed by atoms with Crippen LogP contribution in [-0.2, 0) is 4.74 Å². The highest BCUT2D eigenvalue weighted by Gasteiger charge is 2.18. The Morgan fingerprint density at radius 3 is 2.78 bits per heavy atom. The smallest absolute Gasteiger partial charge is 0.322 e. The number of anilines is 1. The number of urea groups is 1. The van der Waals surface area contributed by atoms with Crippen molar-refractivity contribution < 1.29 is 14.3 Å². The molecule has 0 unspecified atom stereocenters. The molecule has 0 atom stereocenters. The molecule has 1 aliphatic rings. The first kappa shape index (κ1) is 12.9. The minimum atomic E-state index is -0.233. The van der Waals surface area contributed by atoms with Gasteiger partial charge in [0.15, 0.2) is 6.29 Å². The van der Waals surface area contributed by atoms with Gasteiger partial charge >= 0.3 is 6.03 Å². The van der Waals surface area contributed by atoms with Crippen molar-refractivity contribution in [2.24, 2.45) is 0 Å². The highest BCUT2D eigenvalue weighted by molar-refractivity contribution is 6.36. The zero-order chi connectivity index (χ0) is 13.0. The Balaban J connectivity index is 2.08. The van der Waals surface area contributed by atoms with Crippen molar-refractivity contribution in [3.05, 3.63) is 28.8 Å². The first-order chi connectivity index (χ1) is 8.72. The summed E-state index contributed by atoms with van der Waals surface area (Å²) in [6, 6.07) is 4.70. The second-order valence-electron chi connectivity index (χ2n) is 3.86. The SMILES string of the molecule is O=Cc1cccc(NC(=O)N2CCOCC2)c1Cl. The number of carbonyl (C=O) groups excluding carboxylic acids is 2. The van der Waals surface area contributed by atoms with E-state index in [2.05, 4.69) is 5.32 Å². The molecular formula is C12H13ClN2O3. The Labute approximate surface area is 110 Å². The number of nitrogens with zero attached hydrogens (tertiary/aromatic N) is 1. The van der Waals surface area contributed by atoms with Gasteiger partial charge in [0.25, 0.3) is 0 Å². The van der Waals surface area contributed by atoms with Gasteiger partial charge in [-0.1, -0.05) is 23.7 Å². The van der Waals surface area contributed by atoms with E-state index < -0.39 is 0 Å². The van der Waals surface area contributed by atoms with Crippen LogP contribution in [0, 0.1) is 0 Å². The highest BCUT2D eigenvalue weighted by Crippen LogP contribution is 2.25. The van der Waals surface area contributed by atoms with Crippen LogP contribution in [0.3, 0.4) is 0 Å². The molecule has 2 rings (SSSR count). The van der Waals surface area contributed by atoms with E-state index in [1.165, 1.54) is 0 Å². The van der Waals surface area contributed by atoms with Gasteiger partial charge in [-0.25, -0.2) is 4.79 Å². The van der Waals surface area contributed by atoms with E-state index in [0.29, 0.717) is 43.8 Å². The average molecular weight is 269 g/mol. The van der Waals surface area contributed by atoms with Crippen LogP contribution in [0.1, 0.15) is 10.4 Å². The molecular weight excluding hydrogens is 256 g/mol. The van der Waals surface area contributed by atoms with Crippen molar-refractivity contribution in [2.45, 2.75) is 0 Å². The van der Waals surface area contributed by atoms with Crippen LogP contribution < -0.4 is 5.32 Å². The van der Waals surface area contributed by atoms with Crippen LogP contribution in [0.2, 0.25) is 5.02 Å². The first-order valence-corrected chi connectivity index (χ1v) is 5.97. The lowest BCUT2D eigenvalue weighted by Gasteiger charge is -2.27. The maximum Gasteiger partial charge on any atom is 0.322 e. The second kappa shape index (κ2) is 5.84. The molecule has 0 bridgehead atoms. The van der Waals surface area contributed by atoms with Gasteiger partial charge in [0.2, 0.25) is 0 Å². The predicted octanol–water partition coefficient (Wildman–Crippen LogP) is 2.02. The Bertz CT molecular complexity index is 459. The summed E-state index contributed by atoms with van der Waals surface area (Å²) in [7, 11) is 0. The van der Waals surface area contributed by atoms with Crippen molar-refractivity contribution in [1.29, 1.82) is 0 Å². The number of hydrogen-bond acceptors (Lipinski definition) is 3. The third-order valence-corrected chi connectivity index (χ3v) is 3.12. The van der Waals surface area contributed by atoms with E-state index in [0.717, 1.165) is 0 Å². The van der Waals surface area contributed by atoms with Crippen molar-refractivity contribution in [1.82, 2.24) is 4.90 Å². The number of nitrogens with one attached hydrogen (secondary N) is 1. The van der Waals surface area contributed by atoms with Crippen LogP contribution >= 0.6 is 11.6 Å². The number of rotatable bonds is 2. The molecule has 5 nitrogen and oxygen atoms in total. The summed E-state index contributed by atoms with van der Waals surface area (Å²) in [5.74, 6) is 0. The molecule has 0 radical (unpaired) electrons. The van der Waals surface area contributed by atoms with Gasteiger partial charge in [-0.3, -0.25) is 4.79 Å². The molecule has 1 heterocycles. The van der Waals surface area contributed by atoms with E-state index in [4.69, 9.17) is 16.3 Å². The summed E-state index contributed by atoms with van der Waals surface area (Å²) in [6.45, 7) is 2.18. The molecule has 0 saturated carbocycles. The van der Waals surface area contributed by atoms with Gasteiger partial charge in [-0.2, -0.15) is 0 Å². The van der Waals surface area contributed by atoms with E-state index in [9.17, 15) is 9.59 Å². The van der Waals surface area contributed by atoms with Crippen LogP contribution in [-0.4, -0.2) is 43.5 Å². The van der Waals surface area contributed by atoms with E-state index in [1.54, 1.807) is 23.1 Å². The number of aldehydes is 1. The lowest BCUT2D eigenvalue weighted by atomic mass is 10.2. The highest BCUT2D eigenvalue weighted by atomic mass is 35.5. The fraction of sp³-hybridized carbons (Fsp3) is 0.333. The van der Waals surface area contributed by atoms with Crippen molar-refractivity contribution in [3.63, 3.8) is 0 Å². The van der Waals surface area contributed by atoms with Crippen LogP contribution in [0.25, 0.3) is 0 Å². The first-order valence-electron chi connectivity index (χ1n) is 5.59. The Morgan fingerprint density at radius 1 is 1.39 bits per heavy atom. The lowest BCUT2D eigenvalue weighted by molar-refractivity contribution is 0.0564. The zero-order valence-corrected chi connectivity index (χ0v) is 10.4. The third-order valence-electron chi connectivity index (χ3n) is 2.70. The summed E-state index contributed by atoms with van der Waals surface area (Å²) in [4.78, 5) is 24.3. The molecule has 6 heteroatoms. The van der Waals surface area contributed by atoms with Gasteiger partial charge in [0, 0.05) is 18.7 Å². The Morgan fingerprint density at radius 2 is 2.11 bits per heavy atom. The van der Waals surface area contributed by atoms with Crippen LogP contribution in [0.15, 0.2) is 18.2 Å². The standard InChI is InChI=1S/C12H13ClN2O3/c13-11-9(8-16)2-1-3-10(11)14-12(17)15-4-6-18-7-5-15/h1-3,8H,4-7H2,(H,14,17). The summed E-state index contributed by atoms with van der Waals surface area (Å²) in [5, 5.41) is 2.95. The fourth-order valence-electron chi connectivity index (χ4n) is 1.70. The van der Waals surface area contributed by atoms with Crippen molar-refractivity contribution >= 4 is 29.6 Å². The molecule has 1 aromatic rings. The number of morpholine rings is 1. The molecule has 96 valence electrons. The number of halogens is 1. The van der Waals surface area contributed by atoms with Crippen LogP contribution in [0.4, 0.5) is 10.5 Å². The van der Waals surface area contributed by atoms with Gasteiger partial charge in [0.05, 0.1) is 23.9 Å². The maximum atomic E-state index is 11.9. The Kier molecular flexibility index (Phi) is 4.17. The number of ether oxygens (including phenoxy) is 1. The molecule has 0 aromatic heterocycles. The summed E-state index contributed by atoms with van der Waals surface area (Å²) in [5.41, 5.74) is 0.800. The van der Waals surface area contributed by atoms with E-state index >= 15 is 0 Å². The van der Waals surface area contributed by atoms with E-state index in [-0.39, 0.29) is 11.1 Å². The average Bonchev–Trinajstić information content (AvgIpc) is 2.42. The zero-order valence-electron chi connectivity index (χ0n) is 9.69. The Hall–Kier alpha value is -1.59. The topological polar surface area (TPSA) is 58.6 Å². The van der Waals surface area contributed by atoms with Gasteiger partial charge in [-0.15, -0.1) is 0 Å². The quantitative estimate of drug-likeness (QED) is 0.835. The summed E-state index contributed by atoms with van der Waals surface area (Å²) < 4.78 is 5.17. The monoisotopic (exact) mass is 268 g/mol. The maximum absolute atomic E-state index is 11.9. The third kappa shape index (κ3) is 2.80. The number of carbonyl (C=O) groups is 2. The minimum absolute atomic E-state index is 0.233. The molecule has 1 aliphatic heterocycles. The summed E-state index contributed by atoms with van der Waals surface area (Å²) >= 11 is 6.00. The second-order valence-corrected chi connectivity index (χ2v) is 4.23. The van der Waals surface area contributed by atoms with Gasteiger partial charge in [-0.05, 0) is 6.07 Å². The largest absolute Gasteiger partial charge is 0.378 e. The minimum Gasteiger partial charge on any atom is -0.378 e. The van der Waals surface area contributed by atoms with Crippen molar-refractivity contribution in [3.8, 4) is 0 Å². The number of amides is 2. The normalized spacial score (nSPS) is 15.3. The lowest BCUT2D eigenvalue weighted by Crippen LogP contribution is -2.43. The fourth-order valence-corrected chi connectivity index (χ4v) is 1.92. The van der Waals surface area contributed by atoms with Gasteiger partial charge in [0.1, 0.15) is 0 Å². The number of benzene rings is 1. The molecule has 1 saturated heterocycles. The van der Waals surface area contributed by atoms with E-state index in [1.807, 2.05) is 0 Å². The number of hydrogen-bond donors (Lipinski definition) is 1. The molecule has 1 aromatic carbocycles. The molecule has 2 amide bonds. The van der Waals surface area contributed by atoms with Crippen molar-refractivity contribution in [2.75, 3.05) is 31.6 Å². The predicted molar refractivity (Wildman–Crippen MR) is 68.3 cm³/mol. The molecule has 1 fully saturated rings. The molecule has 1 N–H and O–H groups in total. The molecule has 0 aliphatic carbocycles. The summed E-state index contributed by atoms with van der Waals surface area (Å²) in [6.07, 6.45) is 0.659.